The molecule has 2 aromatic rings. The summed E-state index contributed by atoms with van der Waals surface area (Å²) in [6.07, 6.45) is 1.67. The lowest BCUT2D eigenvalue weighted by Gasteiger charge is -2.36. The molecule has 0 unspecified atom stereocenters. The lowest BCUT2D eigenvalue weighted by atomic mass is 9.83. The number of anilines is 1. The molecule has 1 saturated heterocycles. The van der Waals surface area contributed by atoms with Crippen molar-refractivity contribution in [3.63, 3.8) is 0 Å². The smallest absolute Gasteiger partial charge is 0.303 e. The quantitative estimate of drug-likeness (QED) is 0.303. The minimum Gasteiger partial charge on any atom is -0.494 e. The van der Waals surface area contributed by atoms with Gasteiger partial charge in [-0.25, -0.2) is 0 Å². The molecule has 2 aliphatic rings. The van der Waals surface area contributed by atoms with Crippen LogP contribution in [0.4, 0.5) is 5.69 Å². The number of amidine groups is 1. The highest BCUT2D eigenvalue weighted by atomic mass is 79.9. The van der Waals surface area contributed by atoms with Crippen LogP contribution in [0, 0.1) is 11.3 Å². The Morgan fingerprint density at radius 1 is 1.12 bits per heavy atom. The Balaban J connectivity index is 0.00000506. The van der Waals surface area contributed by atoms with Crippen LogP contribution in [0.5, 0.6) is 11.5 Å². The van der Waals surface area contributed by atoms with Crippen molar-refractivity contribution < 1.29 is 29.0 Å². The summed E-state index contributed by atoms with van der Waals surface area (Å²) in [4.78, 5) is 41.4. The van der Waals surface area contributed by atoms with E-state index in [-0.39, 0.29) is 58.8 Å². The van der Waals surface area contributed by atoms with Crippen molar-refractivity contribution in [3.05, 3.63) is 52.1 Å². The molecule has 4 rings (SSSR count). The van der Waals surface area contributed by atoms with E-state index in [4.69, 9.17) is 14.9 Å². The number of Topliss-reactive ketones (excluding diaryl/α,β-unsaturated/α-hetero) is 1. The van der Waals surface area contributed by atoms with E-state index in [1.807, 2.05) is 19.1 Å². The lowest BCUT2D eigenvalue weighted by molar-refractivity contribution is -0.138. The maximum atomic E-state index is 13.8. The number of benzene rings is 2. The zero-order chi connectivity index (χ0) is 30.8. The van der Waals surface area contributed by atoms with Gasteiger partial charge < -0.3 is 29.7 Å². The Morgan fingerprint density at radius 2 is 1.79 bits per heavy atom. The third-order valence-corrected chi connectivity index (χ3v) is 8.07. The van der Waals surface area contributed by atoms with Gasteiger partial charge in [0, 0.05) is 49.8 Å². The first-order valence-corrected chi connectivity index (χ1v) is 14.5. The number of amides is 1. The molecule has 3 N–H and O–H groups in total. The summed E-state index contributed by atoms with van der Waals surface area (Å²) in [6, 6.07) is 7.23. The monoisotopic (exact) mass is 658 g/mol. The number of carbonyl (C=O) groups excluding carboxylic acids is 2. The van der Waals surface area contributed by atoms with Crippen molar-refractivity contribution in [1.29, 1.82) is 5.41 Å². The van der Waals surface area contributed by atoms with Gasteiger partial charge in [-0.1, -0.05) is 20.8 Å². The maximum Gasteiger partial charge on any atom is 0.303 e. The average Bonchev–Trinajstić information content (AvgIpc) is 3.24. The number of fused-ring (bicyclic) bond motifs is 1. The third-order valence-electron chi connectivity index (χ3n) is 8.07. The molecule has 0 aliphatic carbocycles. The van der Waals surface area contributed by atoms with Crippen molar-refractivity contribution >= 4 is 46.2 Å². The molecule has 2 aliphatic heterocycles. The molecule has 1 fully saturated rings. The number of ether oxygens (including phenoxy) is 2. The molecule has 10 nitrogen and oxygen atoms in total. The summed E-state index contributed by atoms with van der Waals surface area (Å²) in [5, 5.41) is 20.7. The zero-order valence-corrected chi connectivity index (χ0v) is 27.5. The van der Waals surface area contributed by atoms with E-state index in [1.54, 1.807) is 31.2 Å². The Labute approximate surface area is 264 Å². The lowest BCUT2D eigenvalue weighted by Crippen LogP contribution is -2.35. The molecule has 43 heavy (non-hydrogen) atoms. The van der Waals surface area contributed by atoms with Crippen molar-refractivity contribution in [2.45, 2.75) is 58.9 Å². The van der Waals surface area contributed by atoms with E-state index < -0.39 is 5.97 Å². The van der Waals surface area contributed by atoms with Crippen LogP contribution in [0.15, 0.2) is 24.3 Å². The minimum absolute atomic E-state index is 0. The predicted octanol–water partition coefficient (Wildman–Crippen LogP) is 5.04. The third kappa shape index (κ3) is 7.31. The van der Waals surface area contributed by atoms with Gasteiger partial charge in [-0.15, -0.1) is 17.0 Å². The summed E-state index contributed by atoms with van der Waals surface area (Å²) in [5.41, 5.74) is 3.78. The number of halogens is 1. The van der Waals surface area contributed by atoms with Gasteiger partial charge in [-0.2, -0.15) is 0 Å². The van der Waals surface area contributed by atoms with E-state index in [9.17, 15) is 19.5 Å². The van der Waals surface area contributed by atoms with E-state index in [0.717, 1.165) is 35.4 Å². The van der Waals surface area contributed by atoms with Crippen LogP contribution in [-0.4, -0.2) is 73.9 Å². The number of hydrogen-bond acceptors (Lipinski definition) is 7. The number of nitrogens with one attached hydrogen (secondary N) is 2. The summed E-state index contributed by atoms with van der Waals surface area (Å²) in [6.45, 7) is 10.2. The molecule has 11 heteroatoms. The molecule has 234 valence electrons. The summed E-state index contributed by atoms with van der Waals surface area (Å²) in [5.74, 6) is 0.307. The Morgan fingerprint density at radius 3 is 2.35 bits per heavy atom. The van der Waals surface area contributed by atoms with E-state index in [0.29, 0.717) is 48.7 Å². The van der Waals surface area contributed by atoms with Gasteiger partial charge in [-0.3, -0.25) is 19.8 Å². The van der Waals surface area contributed by atoms with Gasteiger partial charge in [-0.05, 0) is 60.9 Å². The van der Waals surface area contributed by atoms with Gasteiger partial charge in [0.1, 0.15) is 17.3 Å². The van der Waals surface area contributed by atoms with E-state index >= 15 is 0 Å². The van der Waals surface area contributed by atoms with Gasteiger partial charge in [0.2, 0.25) is 0 Å². The van der Waals surface area contributed by atoms with Gasteiger partial charge >= 0.3 is 5.97 Å². The fourth-order valence-corrected chi connectivity index (χ4v) is 5.82. The molecule has 0 bridgehead atoms. The topological polar surface area (TPSA) is 132 Å². The number of methoxy groups -OCH3 is 1. The Bertz CT molecular complexity index is 1400. The molecule has 2 heterocycles. The molecular formula is C32H43BrN4O6. The normalized spacial score (nSPS) is 15.1. The Hall–Kier alpha value is -3.60. The van der Waals surface area contributed by atoms with Crippen molar-refractivity contribution in [2.75, 3.05) is 45.3 Å². The second kappa shape index (κ2) is 13.8. The maximum absolute atomic E-state index is 13.8. The highest BCUT2D eigenvalue weighted by Gasteiger charge is 2.32. The number of carbonyl (C=O) groups is 3. The first kappa shape index (κ1) is 33.9. The van der Waals surface area contributed by atoms with Crippen molar-refractivity contribution in [1.82, 2.24) is 10.2 Å². The number of carboxylic acid groups (broad SMARTS) is 1. The minimum atomic E-state index is -0.776. The summed E-state index contributed by atoms with van der Waals surface area (Å²) in [7, 11) is 3.19. The SMILES string of the molecule is Br.CCOc1cc2c(cc1C(=O)NC)C(=N)N(CC(=O)c1cc(N3CCC(CC(=O)O)CC3)c(OC)c(C(C)(C)C)c1)C2. The van der Waals surface area contributed by atoms with Gasteiger partial charge in [0.15, 0.2) is 5.78 Å². The number of rotatable bonds is 10. The standard InChI is InChI=1S/C32H42N4O6.BrH/c1-7-42-27-15-21-17-36(30(33)22(21)16-23(27)31(40)34-5)18-26(37)20-13-24(32(2,3)4)29(41-6)25(14-20)35-10-8-19(9-11-35)12-28(38)39;/h13-16,19,33H,7-12,17-18H2,1-6H3,(H,34,40)(H,38,39);1H. The fraction of sp³-hybridized carbons (Fsp3) is 0.500. The second-order valence-corrected chi connectivity index (χ2v) is 12.0. The summed E-state index contributed by atoms with van der Waals surface area (Å²) < 4.78 is 11.6. The Kier molecular flexibility index (Phi) is 10.9. The number of ketones is 1. The largest absolute Gasteiger partial charge is 0.494 e. The number of carboxylic acids is 1. The van der Waals surface area contributed by atoms with Crippen LogP contribution < -0.4 is 19.7 Å². The average molecular weight is 660 g/mol. The van der Waals surface area contributed by atoms with Gasteiger partial charge in [0.05, 0.1) is 31.5 Å². The van der Waals surface area contributed by atoms with Crippen molar-refractivity contribution in [3.8, 4) is 11.5 Å². The zero-order valence-electron chi connectivity index (χ0n) is 25.8. The summed E-state index contributed by atoms with van der Waals surface area (Å²) >= 11 is 0. The number of nitrogens with zero attached hydrogens (tertiary/aromatic N) is 2. The second-order valence-electron chi connectivity index (χ2n) is 12.0. The van der Waals surface area contributed by atoms with Crippen LogP contribution in [0.3, 0.4) is 0 Å². The molecule has 0 saturated carbocycles. The first-order chi connectivity index (χ1) is 19.9. The van der Waals surface area contributed by atoms with Gasteiger partial charge in [0.25, 0.3) is 5.91 Å². The fourth-order valence-electron chi connectivity index (χ4n) is 5.82. The van der Waals surface area contributed by atoms with Crippen LogP contribution in [0.1, 0.15) is 84.4 Å². The molecule has 0 radical (unpaired) electrons. The van der Waals surface area contributed by atoms with E-state index in [1.165, 1.54) is 0 Å². The molecular weight excluding hydrogens is 616 g/mol. The highest BCUT2D eigenvalue weighted by molar-refractivity contribution is 8.93. The highest BCUT2D eigenvalue weighted by Crippen LogP contribution is 2.42. The van der Waals surface area contributed by atoms with Crippen LogP contribution >= 0.6 is 17.0 Å². The number of piperidine rings is 1. The predicted molar refractivity (Wildman–Crippen MR) is 172 cm³/mol. The van der Waals surface area contributed by atoms with Crippen LogP contribution in [-0.2, 0) is 16.8 Å². The molecule has 0 atom stereocenters. The first-order valence-electron chi connectivity index (χ1n) is 14.5. The van der Waals surface area contributed by atoms with Crippen molar-refractivity contribution in [2.24, 2.45) is 5.92 Å². The van der Waals surface area contributed by atoms with Crippen LogP contribution in [0.2, 0.25) is 0 Å². The molecule has 1 amide bonds. The molecule has 0 spiro atoms. The number of hydrogen-bond donors (Lipinski definition) is 3. The van der Waals surface area contributed by atoms with Crippen LogP contribution in [0.25, 0.3) is 0 Å². The van der Waals surface area contributed by atoms with E-state index in [2.05, 4.69) is 31.0 Å². The molecule has 2 aromatic carbocycles. The molecule has 0 aromatic heterocycles. The number of aliphatic carboxylic acids is 1.